The molecule has 1 N–H and O–H groups in total. The monoisotopic (exact) mass is 323 g/mol. The van der Waals surface area contributed by atoms with Crippen LogP contribution in [0.25, 0.3) is 0 Å². The highest BCUT2D eigenvalue weighted by Gasteiger charge is 2.19. The lowest BCUT2D eigenvalue weighted by Gasteiger charge is -2.15. The Balaban J connectivity index is 2.07. The number of oxime groups is 1. The standard InChI is InChI=1S/C15H21N3OS2/c1-12-16-17-15(20-12)21-14-11-9-7-5-3-2-4-6-8-10-13(14)18-19/h4-7,14,19H,2-3,8-11H2,1H3/b6-4+,7-5+,18-13-. The molecule has 114 valence electrons. The molecule has 0 saturated heterocycles. The zero-order valence-corrected chi connectivity index (χ0v) is 13.9. The van der Waals surface area contributed by atoms with Crippen LogP contribution < -0.4 is 0 Å². The summed E-state index contributed by atoms with van der Waals surface area (Å²) in [5.74, 6) is 0. The summed E-state index contributed by atoms with van der Waals surface area (Å²) in [6, 6.07) is 0. The van der Waals surface area contributed by atoms with Crippen molar-refractivity contribution in [2.24, 2.45) is 5.16 Å². The highest BCUT2D eigenvalue weighted by Crippen LogP contribution is 2.31. The maximum Gasteiger partial charge on any atom is 0.174 e. The molecule has 0 saturated carbocycles. The van der Waals surface area contributed by atoms with E-state index in [1.807, 2.05) is 6.92 Å². The summed E-state index contributed by atoms with van der Waals surface area (Å²) < 4.78 is 0.949. The van der Waals surface area contributed by atoms with E-state index >= 15 is 0 Å². The quantitative estimate of drug-likeness (QED) is 0.491. The summed E-state index contributed by atoms with van der Waals surface area (Å²) in [4.78, 5) is 0. The third-order valence-electron chi connectivity index (χ3n) is 3.25. The number of hydrogen-bond donors (Lipinski definition) is 1. The van der Waals surface area contributed by atoms with E-state index < -0.39 is 0 Å². The first-order valence-electron chi connectivity index (χ1n) is 7.27. The number of aryl methyl sites for hydroxylation is 1. The molecule has 0 aliphatic heterocycles. The van der Waals surface area contributed by atoms with Crippen molar-refractivity contribution in [2.45, 2.75) is 55.0 Å². The molecule has 0 spiro atoms. The fraction of sp³-hybridized carbons (Fsp3) is 0.533. The van der Waals surface area contributed by atoms with Gasteiger partial charge in [-0.2, -0.15) is 0 Å². The number of nitrogens with zero attached hydrogens (tertiary/aromatic N) is 3. The third kappa shape index (κ3) is 5.63. The van der Waals surface area contributed by atoms with Crippen LogP contribution in [0, 0.1) is 6.92 Å². The molecule has 21 heavy (non-hydrogen) atoms. The molecule has 1 aliphatic carbocycles. The number of rotatable bonds is 2. The third-order valence-corrected chi connectivity index (χ3v) is 5.49. The molecule has 4 nitrogen and oxygen atoms in total. The van der Waals surface area contributed by atoms with Crippen LogP contribution in [0.2, 0.25) is 0 Å². The second-order valence-electron chi connectivity index (χ2n) is 4.92. The van der Waals surface area contributed by atoms with Gasteiger partial charge in [0.15, 0.2) is 4.34 Å². The zero-order valence-electron chi connectivity index (χ0n) is 12.2. The predicted octanol–water partition coefficient (Wildman–Crippen LogP) is 4.60. The Hall–Kier alpha value is -1.14. The molecule has 0 fully saturated rings. The van der Waals surface area contributed by atoms with Gasteiger partial charge < -0.3 is 5.21 Å². The van der Waals surface area contributed by atoms with Crippen LogP contribution in [-0.4, -0.2) is 26.4 Å². The van der Waals surface area contributed by atoms with Crippen molar-refractivity contribution in [3.63, 3.8) is 0 Å². The number of allylic oxidation sites excluding steroid dienone is 4. The Morgan fingerprint density at radius 2 is 1.86 bits per heavy atom. The fourth-order valence-electron chi connectivity index (χ4n) is 2.16. The summed E-state index contributed by atoms with van der Waals surface area (Å²) in [5, 5.41) is 22.3. The molecular formula is C15H21N3OS2. The Morgan fingerprint density at radius 3 is 2.52 bits per heavy atom. The van der Waals surface area contributed by atoms with Crippen LogP contribution in [-0.2, 0) is 0 Å². The summed E-state index contributed by atoms with van der Waals surface area (Å²) in [6.45, 7) is 1.96. The van der Waals surface area contributed by atoms with Crippen LogP contribution in [0.4, 0.5) is 0 Å². The molecule has 0 bridgehead atoms. The summed E-state index contributed by atoms with van der Waals surface area (Å²) in [6.07, 6.45) is 14.7. The Morgan fingerprint density at radius 1 is 1.14 bits per heavy atom. The Labute approximate surface area is 134 Å². The fourth-order valence-corrected chi connectivity index (χ4v) is 4.36. The van der Waals surface area contributed by atoms with Gasteiger partial charge >= 0.3 is 0 Å². The Kier molecular flexibility index (Phi) is 6.95. The Bertz CT molecular complexity index is 523. The molecule has 1 unspecified atom stereocenters. The largest absolute Gasteiger partial charge is 0.411 e. The van der Waals surface area contributed by atoms with E-state index in [1.165, 1.54) is 0 Å². The van der Waals surface area contributed by atoms with Crippen LogP contribution in [0.3, 0.4) is 0 Å². The molecule has 0 amide bonds. The van der Waals surface area contributed by atoms with Gasteiger partial charge in [-0.15, -0.1) is 10.2 Å². The van der Waals surface area contributed by atoms with Crippen LogP contribution >= 0.6 is 23.1 Å². The summed E-state index contributed by atoms with van der Waals surface area (Å²) in [5.41, 5.74) is 0.853. The van der Waals surface area contributed by atoms with Gasteiger partial charge in [0.2, 0.25) is 0 Å². The molecule has 1 atom stereocenters. The van der Waals surface area contributed by atoms with E-state index in [2.05, 4.69) is 39.7 Å². The number of thioether (sulfide) groups is 1. The van der Waals surface area contributed by atoms with E-state index in [9.17, 15) is 5.21 Å². The van der Waals surface area contributed by atoms with Crippen molar-refractivity contribution < 1.29 is 5.21 Å². The minimum absolute atomic E-state index is 0.167. The number of aromatic nitrogens is 2. The molecule has 6 heteroatoms. The van der Waals surface area contributed by atoms with Gasteiger partial charge in [-0.1, -0.05) is 52.6 Å². The molecule has 1 aromatic heterocycles. The van der Waals surface area contributed by atoms with E-state index in [0.29, 0.717) is 0 Å². The molecular weight excluding hydrogens is 302 g/mol. The molecule has 1 aromatic rings. The van der Waals surface area contributed by atoms with Gasteiger partial charge in [0.1, 0.15) is 5.01 Å². The second-order valence-corrected chi connectivity index (χ2v) is 7.55. The molecule has 1 heterocycles. The van der Waals surface area contributed by atoms with Gasteiger partial charge in [0.05, 0.1) is 11.0 Å². The smallest absolute Gasteiger partial charge is 0.174 e. The normalized spacial score (nSPS) is 26.0. The SMILES string of the molecule is Cc1nnc(SC2CC/C=C/CC/C=C/CC/C2=N/O)s1. The minimum Gasteiger partial charge on any atom is -0.411 e. The van der Waals surface area contributed by atoms with Crippen molar-refractivity contribution in [3.05, 3.63) is 29.3 Å². The van der Waals surface area contributed by atoms with E-state index in [4.69, 9.17) is 0 Å². The van der Waals surface area contributed by atoms with E-state index in [0.717, 1.165) is 53.6 Å². The highest BCUT2D eigenvalue weighted by molar-refractivity contribution is 8.02. The van der Waals surface area contributed by atoms with E-state index in [1.54, 1.807) is 23.1 Å². The van der Waals surface area contributed by atoms with Crippen molar-refractivity contribution in [1.82, 2.24) is 10.2 Å². The van der Waals surface area contributed by atoms with Gasteiger partial charge in [-0.25, -0.2) is 0 Å². The van der Waals surface area contributed by atoms with E-state index in [-0.39, 0.29) is 5.25 Å². The van der Waals surface area contributed by atoms with Crippen LogP contribution in [0.1, 0.15) is 43.5 Å². The average molecular weight is 323 g/mol. The van der Waals surface area contributed by atoms with Gasteiger partial charge in [-0.3, -0.25) is 0 Å². The zero-order chi connectivity index (χ0) is 14.9. The topological polar surface area (TPSA) is 58.4 Å². The first kappa shape index (κ1) is 16.2. The average Bonchev–Trinajstić information content (AvgIpc) is 2.87. The van der Waals surface area contributed by atoms with Gasteiger partial charge in [0, 0.05) is 0 Å². The molecule has 1 aliphatic rings. The van der Waals surface area contributed by atoms with Crippen molar-refractivity contribution >= 4 is 28.8 Å². The second kappa shape index (κ2) is 9.00. The maximum atomic E-state index is 9.35. The summed E-state index contributed by atoms with van der Waals surface area (Å²) >= 11 is 3.26. The molecule has 0 aromatic carbocycles. The van der Waals surface area contributed by atoms with Crippen molar-refractivity contribution in [3.8, 4) is 0 Å². The minimum atomic E-state index is 0.167. The lowest BCUT2D eigenvalue weighted by molar-refractivity contribution is 0.316. The van der Waals surface area contributed by atoms with Crippen molar-refractivity contribution in [2.75, 3.05) is 0 Å². The lowest BCUT2D eigenvalue weighted by atomic mass is 10.1. The van der Waals surface area contributed by atoms with Gasteiger partial charge in [-0.05, 0) is 45.4 Å². The first-order chi connectivity index (χ1) is 10.3. The first-order valence-corrected chi connectivity index (χ1v) is 8.97. The lowest BCUT2D eigenvalue weighted by Crippen LogP contribution is -2.17. The van der Waals surface area contributed by atoms with Gasteiger partial charge in [0.25, 0.3) is 0 Å². The van der Waals surface area contributed by atoms with Crippen LogP contribution in [0.5, 0.6) is 0 Å². The molecule has 2 rings (SSSR count). The molecule has 0 radical (unpaired) electrons. The number of hydrogen-bond acceptors (Lipinski definition) is 6. The van der Waals surface area contributed by atoms with Crippen LogP contribution in [0.15, 0.2) is 33.8 Å². The maximum absolute atomic E-state index is 9.35. The predicted molar refractivity (Wildman–Crippen MR) is 89.5 cm³/mol. The van der Waals surface area contributed by atoms with Crippen molar-refractivity contribution in [1.29, 1.82) is 0 Å². The highest BCUT2D eigenvalue weighted by atomic mass is 32.2. The summed E-state index contributed by atoms with van der Waals surface area (Å²) in [7, 11) is 0.